The van der Waals surface area contributed by atoms with Gasteiger partial charge in [0.1, 0.15) is 0 Å². The fraction of sp³-hybridized carbons (Fsp3) is 1.00. The normalized spacial score (nSPS) is 31.4. The molecule has 1 aliphatic heterocycles. The molecule has 2 rings (SSSR count). The molecule has 1 atom stereocenters. The first-order chi connectivity index (χ1) is 9.07. The molecule has 2 nitrogen and oxygen atoms in total. The molecule has 0 aromatic carbocycles. The summed E-state index contributed by atoms with van der Waals surface area (Å²) in [5, 5.41) is 3.88. The van der Waals surface area contributed by atoms with Crippen molar-refractivity contribution in [2.24, 2.45) is 5.92 Å². The van der Waals surface area contributed by atoms with Crippen LogP contribution in [0.3, 0.4) is 0 Å². The summed E-state index contributed by atoms with van der Waals surface area (Å²) in [4.78, 5) is 2.89. The molecule has 2 aliphatic rings. The zero-order valence-electron chi connectivity index (χ0n) is 13.6. The van der Waals surface area contributed by atoms with Crippen molar-refractivity contribution < 1.29 is 0 Å². The van der Waals surface area contributed by atoms with Crippen molar-refractivity contribution in [3.63, 3.8) is 0 Å². The fourth-order valence-electron chi connectivity index (χ4n) is 4.01. The molecule has 1 unspecified atom stereocenters. The summed E-state index contributed by atoms with van der Waals surface area (Å²) in [6, 6.07) is 0. The number of piperazine rings is 1. The van der Waals surface area contributed by atoms with Gasteiger partial charge in [0.05, 0.1) is 0 Å². The van der Waals surface area contributed by atoms with Gasteiger partial charge in [-0.3, -0.25) is 4.90 Å². The third-order valence-electron chi connectivity index (χ3n) is 6.00. The average Bonchev–Trinajstić information content (AvgIpc) is 2.90. The highest BCUT2D eigenvalue weighted by atomic mass is 15.3. The lowest BCUT2D eigenvalue weighted by Crippen LogP contribution is -2.68. The molecule has 1 aliphatic carbocycles. The van der Waals surface area contributed by atoms with Crippen LogP contribution in [0.15, 0.2) is 0 Å². The summed E-state index contributed by atoms with van der Waals surface area (Å²) in [6.07, 6.45) is 9.61. The predicted molar refractivity (Wildman–Crippen MR) is 83.5 cm³/mol. The zero-order valence-corrected chi connectivity index (χ0v) is 13.6. The van der Waals surface area contributed by atoms with Crippen molar-refractivity contribution in [2.75, 3.05) is 19.6 Å². The minimum Gasteiger partial charge on any atom is -0.308 e. The predicted octanol–water partition coefficient (Wildman–Crippen LogP) is 3.81. The minimum absolute atomic E-state index is 0.333. The van der Waals surface area contributed by atoms with E-state index in [1.54, 1.807) is 0 Å². The van der Waals surface area contributed by atoms with Gasteiger partial charge in [-0.1, -0.05) is 46.5 Å². The van der Waals surface area contributed by atoms with Crippen molar-refractivity contribution in [1.29, 1.82) is 0 Å². The molecule has 0 bridgehead atoms. The molecule has 1 N–H and O–H groups in total. The van der Waals surface area contributed by atoms with Crippen LogP contribution in [0.25, 0.3) is 0 Å². The summed E-state index contributed by atoms with van der Waals surface area (Å²) in [6.45, 7) is 13.2. The second-order valence-corrected chi connectivity index (χ2v) is 7.26. The number of nitrogens with one attached hydrogen (secondary N) is 1. The molecule has 112 valence electrons. The van der Waals surface area contributed by atoms with Gasteiger partial charge < -0.3 is 5.32 Å². The van der Waals surface area contributed by atoms with E-state index in [1.165, 1.54) is 64.6 Å². The van der Waals surface area contributed by atoms with E-state index in [9.17, 15) is 0 Å². The Labute approximate surface area is 120 Å². The Morgan fingerprint density at radius 3 is 2.26 bits per heavy atom. The highest BCUT2D eigenvalue weighted by Gasteiger charge is 2.46. The van der Waals surface area contributed by atoms with Crippen LogP contribution in [-0.2, 0) is 0 Å². The Balaban J connectivity index is 2.11. The van der Waals surface area contributed by atoms with E-state index in [0.717, 1.165) is 5.92 Å². The molecule has 0 aromatic rings. The van der Waals surface area contributed by atoms with Crippen molar-refractivity contribution in [3.05, 3.63) is 0 Å². The summed E-state index contributed by atoms with van der Waals surface area (Å²) in [5.74, 6) is 0.886. The molecule has 1 saturated carbocycles. The van der Waals surface area contributed by atoms with E-state index < -0.39 is 0 Å². The quantitative estimate of drug-likeness (QED) is 0.814. The van der Waals surface area contributed by atoms with E-state index in [-0.39, 0.29) is 0 Å². The highest BCUT2D eigenvalue weighted by Crippen LogP contribution is 2.39. The molecule has 2 heteroatoms. The maximum absolute atomic E-state index is 3.88. The van der Waals surface area contributed by atoms with Gasteiger partial charge >= 0.3 is 0 Å². The van der Waals surface area contributed by atoms with Crippen molar-refractivity contribution in [2.45, 2.75) is 83.7 Å². The van der Waals surface area contributed by atoms with E-state index in [2.05, 4.69) is 37.9 Å². The van der Waals surface area contributed by atoms with Crippen LogP contribution in [0.1, 0.15) is 72.6 Å². The summed E-state index contributed by atoms with van der Waals surface area (Å²) in [5.41, 5.74) is 0.830. The Kier molecular flexibility index (Phi) is 4.94. The van der Waals surface area contributed by atoms with Gasteiger partial charge in [0.2, 0.25) is 0 Å². The van der Waals surface area contributed by atoms with Crippen LogP contribution in [0.2, 0.25) is 0 Å². The summed E-state index contributed by atoms with van der Waals surface area (Å²) >= 11 is 0. The van der Waals surface area contributed by atoms with Gasteiger partial charge in [-0.2, -0.15) is 0 Å². The lowest BCUT2D eigenvalue weighted by molar-refractivity contribution is -0.000230. The second kappa shape index (κ2) is 6.13. The monoisotopic (exact) mass is 266 g/mol. The maximum Gasteiger partial charge on any atom is 0.0335 e. The van der Waals surface area contributed by atoms with Gasteiger partial charge in [0, 0.05) is 30.7 Å². The standard InChI is InChI=1S/C17H34N2/c1-5-15(6-2)12-19-14-16(4,7-3)18-13-17(19)10-8-9-11-17/h15,18H,5-14H2,1-4H3. The molecule has 1 spiro atoms. The third kappa shape index (κ3) is 3.16. The Bertz CT molecular complexity index is 279. The van der Waals surface area contributed by atoms with Crippen LogP contribution in [0.4, 0.5) is 0 Å². The average molecular weight is 266 g/mol. The second-order valence-electron chi connectivity index (χ2n) is 7.26. The van der Waals surface area contributed by atoms with Crippen molar-refractivity contribution in [3.8, 4) is 0 Å². The first-order valence-electron chi connectivity index (χ1n) is 8.57. The van der Waals surface area contributed by atoms with Gasteiger partial charge in [-0.15, -0.1) is 0 Å². The largest absolute Gasteiger partial charge is 0.308 e. The van der Waals surface area contributed by atoms with E-state index >= 15 is 0 Å². The highest BCUT2D eigenvalue weighted by molar-refractivity contribution is 5.05. The van der Waals surface area contributed by atoms with E-state index in [0.29, 0.717) is 11.1 Å². The van der Waals surface area contributed by atoms with Crippen molar-refractivity contribution >= 4 is 0 Å². The number of nitrogens with zero attached hydrogens (tertiary/aromatic N) is 1. The van der Waals surface area contributed by atoms with Crippen LogP contribution in [-0.4, -0.2) is 35.6 Å². The molecular formula is C17H34N2. The van der Waals surface area contributed by atoms with Gasteiger partial charge in [0.15, 0.2) is 0 Å². The molecule has 2 fully saturated rings. The number of rotatable bonds is 5. The van der Waals surface area contributed by atoms with Crippen LogP contribution < -0.4 is 5.32 Å². The Morgan fingerprint density at radius 1 is 1.11 bits per heavy atom. The maximum atomic E-state index is 3.88. The molecule has 0 radical (unpaired) electrons. The fourth-order valence-corrected chi connectivity index (χ4v) is 4.01. The first kappa shape index (κ1) is 15.3. The smallest absolute Gasteiger partial charge is 0.0335 e. The first-order valence-corrected chi connectivity index (χ1v) is 8.57. The van der Waals surface area contributed by atoms with Gasteiger partial charge in [0.25, 0.3) is 0 Å². The van der Waals surface area contributed by atoms with Gasteiger partial charge in [-0.05, 0) is 32.1 Å². The van der Waals surface area contributed by atoms with Crippen molar-refractivity contribution in [1.82, 2.24) is 10.2 Å². The van der Waals surface area contributed by atoms with E-state index in [4.69, 9.17) is 0 Å². The molecule has 0 amide bonds. The molecule has 1 saturated heterocycles. The minimum atomic E-state index is 0.333. The summed E-state index contributed by atoms with van der Waals surface area (Å²) < 4.78 is 0. The molecule has 0 aromatic heterocycles. The van der Waals surface area contributed by atoms with Crippen LogP contribution in [0, 0.1) is 5.92 Å². The number of hydrogen-bond donors (Lipinski definition) is 1. The SMILES string of the molecule is CCC(CC)CN1CC(C)(CC)NCC12CCCC2. The third-order valence-corrected chi connectivity index (χ3v) is 6.00. The molecular weight excluding hydrogens is 232 g/mol. The zero-order chi connectivity index (χ0) is 13.9. The lowest BCUT2D eigenvalue weighted by atomic mass is 9.83. The van der Waals surface area contributed by atoms with Gasteiger partial charge in [-0.25, -0.2) is 0 Å². The molecule has 19 heavy (non-hydrogen) atoms. The van der Waals surface area contributed by atoms with E-state index in [1.807, 2.05) is 0 Å². The van der Waals surface area contributed by atoms with Crippen LogP contribution >= 0.6 is 0 Å². The number of hydrogen-bond acceptors (Lipinski definition) is 2. The Morgan fingerprint density at radius 2 is 1.74 bits per heavy atom. The molecule has 1 heterocycles. The van der Waals surface area contributed by atoms with Crippen LogP contribution in [0.5, 0.6) is 0 Å². The Hall–Kier alpha value is -0.0800. The topological polar surface area (TPSA) is 15.3 Å². The lowest BCUT2D eigenvalue weighted by Gasteiger charge is -2.53. The summed E-state index contributed by atoms with van der Waals surface area (Å²) in [7, 11) is 0.